The second-order valence-electron chi connectivity index (χ2n) is 4.87. The Morgan fingerprint density at radius 3 is 2.94 bits per heavy atom. The molecule has 0 aromatic rings. The maximum absolute atomic E-state index is 11.4. The summed E-state index contributed by atoms with van der Waals surface area (Å²) in [7, 11) is 0. The number of carbonyl (C=O) groups excluding carboxylic acids is 1. The van der Waals surface area contributed by atoms with E-state index in [-0.39, 0.29) is 6.09 Å². The minimum absolute atomic E-state index is 0.295. The topological polar surface area (TPSA) is 38.3 Å². The van der Waals surface area contributed by atoms with Crippen molar-refractivity contribution in [2.45, 2.75) is 33.1 Å². The minimum Gasteiger partial charge on any atom is -0.449 e. The summed E-state index contributed by atoms with van der Waals surface area (Å²) in [6, 6.07) is 0. The zero-order valence-electron chi connectivity index (χ0n) is 10.8. The highest BCUT2D eigenvalue weighted by atomic mass is 16.5. The van der Waals surface area contributed by atoms with Gasteiger partial charge in [-0.3, -0.25) is 0 Å². The Morgan fingerprint density at radius 1 is 1.47 bits per heavy atom. The Bertz CT molecular complexity index is 282. The fourth-order valence-electron chi connectivity index (χ4n) is 1.69. The molecular formula is C14H23NO2. The van der Waals surface area contributed by atoms with E-state index in [1.807, 2.05) is 12.2 Å². The second kappa shape index (κ2) is 7.93. The molecular weight excluding hydrogens is 214 g/mol. The summed E-state index contributed by atoms with van der Waals surface area (Å²) < 4.78 is 5.15. The van der Waals surface area contributed by atoms with Crippen molar-refractivity contribution >= 4 is 6.09 Å². The number of amides is 1. The smallest absolute Gasteiger partial charge is 0.407 e. The molecule has 0 bridgehead atoms. The van der Waals surface area contributed by atoms with Crippen molar-refractivity contribution in [3.8, 4) is 0 Å². The highest BCUT2D eigenvalue weighted by molar-refractivity contribution is 5.67. The van der Waals surface area contributed by atoms with Crippen LogP contribution in [0, 0.1) is 11.8 Å². The first-order chi connectivity index (χ1) is 8.18. The Morgan fingerprint density at radius 2 is 2.29 bits per heavy atom. The van der Waals surface area contributed by atoms with Crippen LogP contribution in [-0.4, -0.2) is 19.2 Å². The van der Waals surface area contributed by atoms with Crippen LogP contribution >= 0.6 is 0 Å². The van der Waals surface area contributed by atoms with Crippen LogP contribution in [0.3, 0.4) is 0 Å². The van der Waals surface area contributed by atoms with Gasteiger partial charge in [0, 0.05) is 12.5 Å². The zero-order valence-corrected chi connectivity index (χ0v) is 10.8. The van der Waals surface area contributed by atoms with Gasteiger partial charge in [-0.2, -0.15) is 0 Å². The van der Waals surface area contributed by atoms with Crippen molar-refractivity contribution in [1.29, 1.82) is 0 Å². The van der Waals surface area contributed by atoms with Crippen LogP contribution in [0.1, 0.15) is 33.1 Å². The van der Waals surface area contributed by atoms with Crippen molar-refractivity contribution in [2.75, 3.05) is 13.2 Å². The van der Waals surface area contributed by atoms with E-state index >= 15 is 0 Å². The molecule has 1 unspecified atom stereocenters. The molecule has 1 rings (SSSR count). The number of hydrogen-bond donors (Lipinski definition) is 1. The van der Waals surface area contributed by atoms with E-state index in [0.29, 0.717) is 25.0 Å². The number of nitrogens with one attached hydrogen (secondary N) is 1. The lowest BCUT2D eigenvalue weighted by atomic mass is 10.0. The largest absolute Gasteiger partial charge is 0.449 e. The molecule has 1 aliphatic carbocycles. The third-order valence-corrected chi connectivity index (χ3v) is 2.73. The molecule has 17 heavy (non-hydrogen) atoms. The predicted molar refractivity (Wildman–Crippen MR) is 69.8 cm³/mol. The third kappa shape index (κ3) is 6.82. The standard InChI is InChI=1S/C14H23NO2/c1-12(2)7-6-10-15-14(16)17-11-13-8-4-3-5-9-13/h3-5,8,12-13H,6-7,9-11H2,1-2H3,(H,15,16). The molecule has 0 heterocycles. The Hall–Kier alpha value is -1.25. The van der Waals surface area contributed by atoms with E-state index in [9.17, 15) is 4.79 Å². The molecule has 0 fully saturated rings. The zero-order chi connectivity index (χ0) is 12.5. The molecule has 96 valence electrons. The first kappa shape index (κ1) is 13.8. The summed E-state index contributed by atoms with van der Waals surface area (Å²) in [6.07, 6.45) is 11.0. The van der Waals surface area contributed by atoms with Gasteiger partial charge in [0.05, 0.1) is 6.61 Å². The van der Waals surface area contributed by atoms with E-state index in [1.165, 1.54) is 0 Å². The number of hydrogen-bond acceptors (Lipinski definition) is 2. The van der Waals surface area contributed by atoms with Crippen molar-refractivity contribution in [3.05, 3.63) is 24.3 Å². The van der Waals surface area contributed by atoms with Crippen LogP contribution in [0.25, 0.3) is 0 Å². The monoisotopic (exact) mass is 237 g/mol. The quantitative estimate of drug-likeness (QED) is 0.720. The summed E-state index contributed by atoms with van der Waals surface area (Å²) >= 11 is 0. The van der Waals surface area contributed by atoms with Crippen molar-refractivity contribution in [1.82, 2.24) is 5.32 Å². The molecule has 0 saturated heterocycles. The molecule has 1 aliphatic rings. The number of alkyl carbamates (subject to hydrolysis) is 1. The SMILES string of the molecule is CC(C)CCCNC(=O)OCC1C=CC=CC1. The molecule has 1 atom stereocenters. The van der Waals surface area contributed by atoms with Gasteiger partial charge in [-0.15, -0.1) is 0 Å². The molecule has 3 nitrogen and oxygen atoms in total. The van der Waals surface area contributed by atoms with E-state index in [0.717, 1.165) is 19.3 Å². The van der Waals surface area contributed by atoms with Gasteiger partial charge in [-0.1, -0.05) is 38.2 Å². The fraction of sp³-hybridized carbons (Fsp3) is 0.643. The van der Waals surface area contributed by atoms with Gasteiger partial charge in [-0.25, -0.2) is 4.79 Å². The molecule has 1 amide bonds. The van der Waals surface area contributed by atoms with E-state index in [2.05, 4.69) is 31.3 Å². The summed E-state index contributed by atoms with van der Waals surface area (Å²) in [6.45, 7) is 5.54. The maximum Gasteiger partial charge on any atom is 0.407 e. The summed E-state index contributed by atoms with van der Waals surface area (Å²) in [5.74, 6) is 1.02. The molecule has 0 aliphatic heterocycles. The lowest BCUT2D eigenvalue weighted by molar-refractivity contribution is 0.134. The molecule has 0 radical (unpaired) electrons. The predicted octanol–water partition coefficient (Wildman–Crippen LogP) is 3.28. The van der Waals surface area contributed by atoms with Crippen LogP contribution in [-0.2, 0) is 4.74 Å². The number of rotatable bonds is 6. The number of carbonyl (C=O) groups is 1. The molecule has 1 N–H and O–H groups in total. The lowest BCUT2D eigenvalue weighted by Crippen LogP contribution is -2.27. The Labute approximate surface area is 104 Å². The van der Waals surface area contributed by atoms with Crippen LogP contribution < -0.4 is 5.32 Å². The van der Waals surface area contributed by atoms with Gasteiger partial charge in [0.15, 0.2) is 0 Å². The van der Waals surface area contributed by atoms with Crippen molar-refractivity contribution in [2.24, 2.45) is 11.8 Å². The van der Waals surface area contributed by atoms with E-state index in [1.54, 1.807) is 0 Å². The van der Waals surface area contributed by atoms with Gasteiger partial charge in [0.25, 0.3) is 0 Å². The molecule has 0 spiro atoms. The molecule has 0 aromatic heterocycles. The summed E-state index contributed by atoms with van der Waals surface area (Å²) in [5.41, 5.74) is 0. The number of allylic oxidation sites excluding steroid dienone is 3. The number of ether oxygens (including phenoxy) is 1. The second-order valence-corrected chi connectivity index (χ2v) is 4.87. The summed E-state index contributed by atoms with van der Waals surface area (Å²) in [4.78, 5) is 11.4. The maximum atomic E-state index is 11.4. The highest BCUT2D eigenvalue weighted by Gasteiger charge is 2.08. The third-order valence-electron chi connectivity index (χ3n) is 2.73. The lowest BCUT2D eigenvalue weighted by Gasteiger charge is -2.13. The van der Waals surface area contributed by atoms with Gasteiger partial charge in [0.2, 0.25) is 0 Å². The average molecular weight is 237 g/mol. The van der Waals surface area contributed by atoms with Crippen molar-refractivity contribution < 1.29 is 9.53 Å². The molecule has 0 aromatic carbocycles. The van der Waals surface area contributed by atoms with Crippen LogP contribution in [0.4, 0.5) is 4.79 Å². The highest BCUT2D eigenvalue weighted by Crippen LogP contribution is 2.11. The molecule has 0 saturated carbocycles. The van der Waals surface area contributed by atoms with Crippen LogP contribution in [0.15, 0.2) is 24.3 Å². The Kier molecular flexibility index (Phi) is 6.45. The first-order valence-electron chi connectivity index (χ1n) is 6.42. The summed E-state index contributed by atoms with van der Waals surface area (Å²) in [5, 5.41) is 2.77. The first-order valence-corrected chi connectivity index (χ1v) is 6.42. The minimum atomic E-state index is -0.295. The van der Waals surface area contributed by atoms with E-state index < -0.39 is 0 Å². The van der Waals surface area contributed by atoms with Gasteiger partial charge in [-0.05, 0) is 25.2 Å². The fourth-order valence-corrected chi connectivity index (χ4v) is 1.69. The van der Waals surface area contributed by atoms with Crippen LogP contribution in [0.5, 0.6) is 0 Å². The normalized spacial score (nSPS) is 18.4. The van der Waals surface area contributed by atoms with E-state index in [4.69, 9.17) is 4.74 Å². The average Bonchev–Trinajstić information content (AvgIpc) is 2.33. The molecule has 3 heteroatoms. The van der Waals surface area contributed by atoms with Crippen molar-refractivity contribution in [3.63, 3.8) is 0 Å². The van der Waals surface area contributed by atoms with Gasteiger partial charge in [0.1, 0.15) is 0 Å². The van der Waals surface area contributed by atoms with Crippen LogP contribution in [0.2, 0.25) is 0 Å². The Balaban J connectivity index is 2.01. The van der Waals surface area contributed by atoms with Gasteiger partial charge < -0.3 is 10.1 Å². The van der Waals surface area contributed by atoms with Gasteiger partial charge >= 0.3 is 6.09 Å².